The van der Waals surface area contributed by atoms with Gasteiger partial charge in [0.2, 0.25) is 0 Å². The minimum absolute atomic E-state index is 0.0795. The number of aromatic nitrogens is 1. The molecule has 1 aromatic rings. The van der Waals surface area contributed by atoms with E-state index in [9.17, 15) is 4.79 Å². The minimum atomic E-state index is -0.290. The van der Waals surface area contributed by atoms with Crippen LogP contribution in [0.2, 0.25) is 0 Å². The Morgan fingerprint density at radius 2 is 2.29 bits per heavy atom. The summed E-state index contributed by atoms with van der Waals surface area (Å²) in [6.07, 6.45) is 1.75. The van der Waals surface area contributed by atoms with Crippen LogP contribution in [0.15, 0.2) is 18.3 Å². The van der Waals surface area contributed by atoms with Gasteiger partial charge in [-0.2, -0.15) is 0 Å². The number of hydrogen-bond acceptors (Lipinski definition) is 5. The second-order valence-electron chi connectivity index (χ2n) is 5.03. The molecule has 0 saturated carbocycles. The number of ether oxygens (including phenoxy) is 1. The Hall–Kier alpha value is -1.86. The highest BCUT2D eigenvalue weighted by atomic mass is 16.5. The van der Waals surface area contributed by atoms with Crippen molar-refractivity contribution in [3.8, 4) is 0 Å². The Morgan fingerprint density at radius 3 is 3.00 bits per heavy atom. The lowest BCUT2D eigenvalue weighted by molar-refractivity contribution is 0.122. The first-order chi connectivity index (χ1) is 10.2. The van der Waals surface area contributed by atoms with Gasteiger partial charge in [-0.3, -0.25) is 0 Å². The van der Waals surface area contributed by atoms with Crippen LogP contribution in [0.5, 0.6) is 0 Å². The molecule has 21 heavy (non-hydrogen) atoms. The molecule has 0 bridgehead atoms. The van der Waals surface area contributed by atoms with E-state index in [4.69, 9.17) is 9.84 Å². The number of pyridine rings is 1. The molecule has 0 radical (unpaired) electrons. The Bertz CT molecular complexity index is 463. The standard InChI is InChI=1S/C14H22N4O3/c1-11(10-19)17-14(20)16-9-12-2-3-15-13(8-12)18-4-6-21-7-5-18/h2-3,8,11,19H,4-7,9-10H2,1H3,(H2,16,17,20)/t11-/m1/s1. The molecule has 2 amide bonds. The fourth-order valence-electron chi connectivity index (χ4n) is 2.04. The van der Waals surface area contributed by atoms with Crippen molar-refractivity contribution in [1.29, 1.82) is 0 Å². The molecule has 7 heteroatoms. The summed E-state index contributed by atoms with van der Waals surface area (Å²) in [6.45, 7) is 5.17. The molecule has 2 heterocycles. The molecule has 0 aliphatic carbocycles. The molecule has 2 rings (SSSR count). The van der Waals surface area contributed by atoms with E-state index in [0.29, 0.717) is 19.8 Å². The number of aliphatic hydroxyl groups is 1. The van der Waals surface area contributed by atoms with Gasteiger partial charge in [-0.15, -0.1) is 0 Å². The number of rotatable bonds is 5. The Kier molecular flexibility index (Phi) is 5.77. The van der Waals surface area contributed by atoms with E-state index >= 15 is 0 Å². The summed E-state index contributed by atoms with van der Waals surface area (Å²) < 4.78 is 5.32. The Labute approximate surface area is 124 Å². The Balaban J connectivity index is 1.87. The van der Waals surface area contributed by atoms with E-state index in [1.165, 1.54) is 0 Å². The van der Waals surface area contributed by atoms with Gasteiger partial charge in [-0.05, 0) is 24.6 Å². The van der Waals surface area contributed by atoms with Crippen molar-refractivity contribution in [1.82, 2.24) is 15.6 Å². The van der Waals surface area contributed by atoms with Gasteiger partial charge in [0.1, 0.15) is 5.82 Å². The summed E-state index contributed by atoms with van der Waals surface area (Å²) in [5.41, 5.74) is 0.985. The lowest BCUT2D eigenvalue weighted by atomic mass is 10.2. The first-order valence-electron chi connectivity index (χ1n) is 7.12. The molecule has 1 atom stereocenters. The van der Waals surface area contributed by atoms with Crippen LogP contribution in [0.3, 0.4) is 0 Å². The lowest BCUT2D eigenvalue weighted by Crippen LogP contribution is -2.42. The fourth-order valence-corrected chi connectivity index (χ4v) is 2.04. The molecular formula is C14H22N4O3. The van der Waals surface area contributed by atoms with Gasteiger partial charge in [0.05, 0.1) is 25.9 Å². The van der Waals surface area contributed by atoms with E-state index in [2.05, 4.69) is 20.5 Å². The average molecular weight is 294 g/mol. The first kappa shape index (κ1) is 15.5. The zero-order valence-corrected chi connectivity index (χ0v) is 12.2. The number of morpholine rings is 1. The predicted octanol–water partition coefficient (Wildman–Crippen LogP) is 0.0982. The molecule has 1 saturated heterocycles. The van der Waals surface area contributed by atoms with Crippen LogP contribution in [0.4, 0.5) is 10.6 Å². The van der Waals surface area contributed by atoms with Gasteiger partial charge < -0.3 is 25.4 Å². The monoisotopic (exact) mass is 294 g/mol. The minimum Gasteiger partial charge on any atom is -0.394 e. The van der Waals surface area contributed by atoms with Gasteiger partial charge in [0.15, 0.2) is 0 Å². The Morgan fingerprint density at radius 1 is 1.52 bits per heavy atom. The molecule has 0 spiro atoms. The van der Waals surface area contributed by atoms with Gasteiger partial charge >= 0.3 is 6.03 Å². The molecule has 1 aromatic heterocycles. The van der Waals surface area contributed by atoms with E-state index < -0.39 is 0 Å². The molecule has 0 aromatic carbocycles. The van der Waals surface area contributed by atoms with Crippen molar-refractivity contribution in [2.24, 2.45) is 0 Å². The van der Waals surface area contributed by atoms with Gasteiger partial charge in [0, 0.05) is 25.8 Å². The summed E-state index contributed by atoms with van der Waals surface area (Å²) in [5, 5.41) is 14.3. The number of anilines is 1. The highest BCUT2D eigenvalue weighted by molar-refractivity contribution is 5.74. The van der Waals surface area contributed by atoms with E-state index in [-0.39, 0.29) is 18.7 Å². The second-order valence-corrected chi connectivity index (χ2v) is 5.03. The highest BCUT2D eigenvalue weighted by Crippen LogP contribution is 2.14. The SMILES string of the molecule is C[C@H](CO)NC(=O)NCc1ccnc(N2CCOCC2)c1. The molecule has 7 nitrogen and oxygen atoms in total. The maximum absolute atomic E-state index is 11.6. The van der Waals surface area contributed by atoms with E-state index in [1.807, 2.05) is 12.1 Å². The van der Waals surface area contributed by atoms with Crippen LogP contribution in [0, 0.1) is 0 Å². The largest absolute Gasteiger partial charge is 0.394 e. The molecule has 0 unspecified atom stereocenters. The fraction of sp³-hybridized carbons (Fsp3) is 0.571. The summed E-state index contributed by atoms with van der Waals surface area (Å²) in [4.78, 5) is 18.1. The summed E-state index contributed by atoms with van der Waals surface area (Å²) in [5.74, 6) is 0.904. The third kappa shape index (κ3) is 4.87. The van der Waals surface area contributed by atoms with E-state index in [1.54, 1.807) is 13.1 Å². The number of urea groups is 1. The zero-order chi connectivity index (χ0) is 15.1. The number of carbonyl (C=O) groups is 1. The lowest BCUT2D eigenvalue weighted by Gasteiger charge is -2.28. The second kappa shape index (κ2) is 7.80. The maximum atomic E-state index is 11.6. The van der Waals surface area contributed by atoms with Crippen LogP contribution in [-0.2, 0) is 11.3 Å². The molecular weight excluding hydrogens is 272 g/mol. The smallest absolute Gasteiger partial charge is 0.315 e. The molecule has 1 aliphatic rings. The molecule has 116 valence electrons. The number of carbonyl (C=O) groups excluding carboxylic acids is 1. The van der Waals surface area contributed by atoms with Crippen molar-refractivity contribution in [3.63, 3.8) is 0 Å². The van der Waals surface area contributed by atoms with Crippen LogP contribution in [-0.4, -0.2) is 55.1 Å². The first-order valence-corrected chi connectivity index (χ1v) is 7.12. The van der Waals surface area contributed by atoms with Crippen LogP contribution in [0.25, 0.3) is 0 Å². The number of nitrogens with one attached hydrogen (secondary N) is 2. The van der Waals surface area contributed by atoms with Crippen LogP contribution in [0.1, 0.15) is 12.5 Å². The summed E-state index contributed by atoms with van der Waals surface area (Å²) in [6, 6.07) is 3.30. The van der Waals surface area contributed by atoms with Gasteiger partial charge in [-0.1, -0.05) is 0 Å². The van der Waals surface area contributed by atoms with Crippen molar-refractivity contribution in [3.05, 3.63) is 23.9 Å². The third-order valence-corrected chi connectivity index (χ3v) is 3.25. The number of aliphatic hydroxyl groups excluding tert-OH is 1. The highest BCUT2D eigenvalue weighted by Gasteiger charge is 2.12. The summed E-state index contributed by atoms with van der Waals surface area (Å²) in [7, 11) is 0. The van der Waals surface area contributed by atoms with Crippen LogP contribution < -0.4 is 15.5 Å². The van der Waals surface area contributed by atoms with Gasteiger partial charge in [0.25, 0.3) is 0 Å². The van der Waals surface area contributed by atoms with Crippen molar-refractivity contribution >= 4 is 11.8 Å². The third-order valence-electron chi connectivity index (χ3n) is 3.25. The van der Waals surface area contributed by atoms with Crippen molar-refractivity contribution in [2.75, 3.05) is 37.8 Å². The number of nitrogens with zero attached hydrogens (tertiary/aromatic N) is 2. The maximum Gasteiger partial charge on any atom is 0.315 e. The quantitative estimate of drug-likeness (QED) is 0.717. The predicted molar refractivity (Wildman–Crippen MR) is 79.2 cm³/mol. The normalized spacial score (nSPS) is 16.4. The van der Waals surface area contributed by atoms with Crippen molar-refractivity contribution in [2.45, 2.75) is 19.5 Å². The van der Waals surface area contributed by atoms with Crippen LogP contribution >= 0.6 is 0 Å². The molecule has 1 aliphatic heterocycles. The number of hydrogen-bond donors (Lipinski definition) is 3. The van der Waals surface area contributed by atoms with Gasteiger partial charge in [-0.25, -0.2) is 9.78 Å². The molecule has 3 N–H and O–H groups in total. The average Bonchev–Trinajstić information content (AvgIpc) is 2.54. The zero-order valence-electron chi connectivity index (χ0n) is 12.2. The number of amides is 2. The molecule has 1 fully saturated rings. The topological polar surface area (TPSA) is 86.7 Å². The summed E-state index contributed by atoms with van der Waals surface area (Å²) >= 11 is 0. The van der Waals surface area contributed by atoms with Crippen molar-refractivity contribution < 1.29 is 14.6 Å². The van der Waals surface area contributed by atoms with E-state index in [0.717, 1.165) is 24.5 Å².